The Bertz CT molecular complexity index is 399. The van der Waals surface area contributed by atoms with Crippen molar-refractivity contribution >= 4 is 11.6 Å². The first-order valence-electron chi connectivity index (χ1n) is 5.10. The Morgan fingerprint density at radius 2 is 1.94 bits per heavy atom. The van der Waals surface area contributed by atoms with Gasteiger partial charge in [0.2, 0.25) is 0 Å². The zero-order valence-electron chi connectivity index (χ0n) is 10.00. The average Bonchev–Trinajstić information content (AvgIpc) is 2.22. The van der Waals surface area contributed by atoms with Gasteiger partial charge in [0.15, 0.2) is 0 Å². The van der Waals surface area contributed by atoms with Gasteiger partial charge in [0.25, 0.3) is 5.91 Å². The van der Waals surface area contributed by atoms with E-state index in [4.69, 9.17) is 9.84 Å². The molecule has 0 saturated heterocycles. The van der Waals surface area contributed by atoms with Crippen LogP contribution in [-0.4, -0.2) is 24.2 Å². The van der Waals surface area contributed by atoms with Crippen LogP contribution in [0.5, 0.6) is 5.75 Å². The van der Waals surface area contributed by atoms with Gasteiger partial charge in [-0.1, -0.05) is 0 Å². The minimum absolute atomic E-state index is 0.443. The summed E-state index contributed by atoms with van der Waals surface area (Å²) in [6.45, 7) is 5.34. The second-order valence-electron chi connectivity index (χ2n) is 3.80. The standard InChI is InChI=1S/C12H17NO3/c1-7-5-10(13-12(15)9(3)14)11(16-4)6-8(7)2/h5-6,9,14H,1-4H3,(H,13,15). The Balaban J connectivity index is 3.03. The molecule has 0 radical (unpaired) electrons. The van der Waals surface area contributed by atoms with Crippen LogP contribution in [0.15, 0.2) is 12.1 Å². The Hall–Kier alpha value is -1.55. The van der Waals surface area contributed by atoms with Gasteiger partial charge in [-0.15, -0.1) is 0 Å². The zero-order chi connectivity index (χ0) is 12.3. The highest BCUT2D eigenvalue weighted by Crippen LogP contribution is 2.27. The lowest BCUT2D eigenvalue weighted by Crippen LogP contribution is -2.24. The monoisotopic (exact) mass is 223 g/mol. The first-order chi connectivity index (χ1) is 7.45. The van der Waals surface area contributed by atoms with Crippen LogP contribution in [0.2, 0.25) is 0 Å². The number of rotatable bonds is 3. The molecule has 0 heterocycles. The van der Waals surface area contributed by atoms with E-state index in [-0.39, 0.29) is 0 Å². The molecule has 0 aliphatic rings. The van der Waals surface area contributed by atoms with Crippen molar-refractivity contribution in [1.29, 1.82) is 0 Å². The average molecular weight is 223 g/mol. The maximum atomic E-state index is 11.4. The van der Waals surface area contributed by atoms with Crippen LogP contribution in [0.25, 0.3) is 0 Å². The van der Waals surface area contributed by atoms with Gasteiger partial charge in [0.1, 0.15) is 11.9 Å². The van der Waals surface area contributed by atoms with Crippen molar-refractivity contribution in [2.75, 3.05) is 12.4 Å². The van der Waals surface area contributed by atoms with E-state index in [0.29, 0.717) is 11.4 Å². The molecule has 0 spiro atoms. The molecule has 1 atom stereocenters. The van der Waals surface area contributed by atoms with Gasteiger partial charge in [0, 0.05) is 0 Å². The van der Waals surface area contributed by atoms with Crippen molar-refractivity contribution in [2.24, 2.45) is 0 Å². The normalized spacial score (nSPS) is 12.1. The summed E-state index contributed by atoms with van der Waals surface area (Å²) in [5.74, 6) is 0.152. The summed E-state index contributed by atoms with van der Waals surface area (Å²) >= 11 is 0. The van der Waals surface area contributed by atoms with Crippen LogP contribution in [0.4, 0.5) is 5.69 Å². The van der Waals surface area contributed by atoms with E-state index in [9.17, 15) is 4.79 Å². The molecule has 0 saturated carbocycles. The maximum absolute atomic E-state index is 11.4. The smallest absolute Gasteiger partial charge is 0.253 e. The Morgan fingerprint density at radius 1 is 1.38 bits per heavy atom. The highest BCUT2D eigenvalue weighted by molar-refractivity contribution is 5.95. The second kappa shape index (κ2) is 4.99. The fraction of sp³-hybridized carbons (Fsp3) is 0.417. The number of amides is 1. The number of aliphatic hydroxyl groups is 1. The molecule has 4 nitrogen and oxygen atoms in total. The molecule has 0 fully saturated rings. The third kappa shape index (κ3) is 2.73. The highest BCUT2D eigenvalue weighted by Gasteiger charge is 2.12. The van der Waals surface area contributed by atoms with Crippen molar-refractivity contribution in [2.45, 2.75) is 26.9 Å². The molecule has 88 valence electrons. The number of hydrogen-bond acceptors (Lipinski definition) is 3. The molecule has 1 aromatic rings. The molecular weight excluding hydrogens is 206 g/mol. The number of carbonyl (C=O) groups excluding carboxylic acids is 1. The predicted molar refractivity (Wildman–Crippen MR) is 62.8 cm³/mol. The SMILES string of the molecule is COc1cc(C)c(C)cc1NC(=O)C(C)O. The van der Waals surface area contributed by atoms with Crippen LogP contribution >= 0.6 is 0 Å². The molecule has 0 bridgehead atoms. The number of ether oxygens (including phenoxy) is 1. The van der Waals surface area contributed by atoms with Gasteiger partial charge in [-0.25, -0.2) is 0 Å². The molecule has 1 aromatic carbocycles. The number of hydrogen-bond donors (Lipinski definition) is 2. The summed E-state index contributed by atoms with van der Waals surface area (Å²) in [5.41, 5.74) is 2.73. The fourth-order valence-electron chi connectivity index (χ4n) is 1.29. The van der Waals surface area contributed by atoms with E-state index < -0.39 is 12.0 Å². The number of methoxy groups -OCH3 is 1. The third-order valence-corrected chi connectivity index (χ3v) is 2.45. The summed E-state index contributed by atoms with van der Waals surface area (Å²) in [5, 5.41) is 11.7. The Labute approximate surface area is 95.2 Å². The van der Waals surface area contributed by atoms with E-state index >= 15 is 0 Å². The van der Waals surface area contributed by atoms with Crippen molar-refractivity contribution < 1.29 is 14.6 Å². The molecule has 2 N–H and O–H groups in total. The Kier molecular flexibility index (Phi) is 3.90. The molecule has 0 aromatic heterocycles. The van der Waals surface area contributed by atoms with Crippen molar-refractivity contribution in [3.63, 3.8) is 0 Å². The van der Waals surface area contributed by atoms with Gasteiger partial charge in [-0.2, -0.15) is 0 Å². The zero-order valence-corrected chi connectivity index (χ0v) is 10.00. The van der Waals surface area contributed by atoms with Gasteiger partial charge >= 0.3 is 0 Å². The molecule has 16 heavy (non-hydrogen) atoms. The molecule has 0 aliphatic heterocycles. The fourth-order valence-corrected chi connectivity index (χ4v) is 1.29. The van der Waals surface area contributed by atoms with Crippen LogP contribution in [0.3, 0.4) is 0 Å². The van der Waals surface area contributed by atoms with E-state index in [1.165, 1.54) is 6.92 Å². The van der Waals surface area contributed by atoms with Crippen LogP contribution in [0, 0.1) is 13.8 Å². The van der Waals surface area contributed by atoms with Gasteiger partial charge in [-0.3, -0.25) is 4.79 Å². The number of aliphatic hydroxyl groups excluding tert-OH is 1. The van der Waals surface area contributed by atoms with Crippen LogP contribution in [-0.2, 0) is 4.79 Å². The third-order valence-electron chi connectivity index (χ3n) is 2.45. The first-order valence-corrected chi connectivity index (χ1v) is 5.10. The maximum Gasteiger partial charge on any atom is 0.253 e. The van der Waals surface area contributed by atoms with Crippen molar-refractivity contribution in [3.8, 4) is 5.75 Å². The van der Waals surface area contributed by atoms with Gasteiger partial charge in [0.05, 0.1) is 12.8 Å². The highest BCUT2D eigenvalue weighted by atomic mass is 16.5. The second-order valence-corrected chi connectivity index (χ2v) is 3.80. The van der Waals surface area contributed by atoms with E-state index in [1.54, 1.807) is 7.11 Å². The number of anilines is 1. The number of aryl methyl sites for hydroxylation is 2. The number of benzene rings is 1. The van der Waals surface area contributed by atoms with E-state index in [1.807, 2.05) is 26.0 Å². The lowest BCUT2D eigenvalue weighted by Gasteiger charge is -2.13. The first kappa shape index (κ1) is 12.5. The van der Waals surface area contributed by atoms with Crippen molar-refractivity contribution in [3.05, 3.63) is 23.3 Å². The number of nitrogens with one attached hydrogen (secondary N) is 1. The summed E-state index contributed by atoms with van der Waals surface area (Å²) in [4.78, 5) is 11.4. The molecule has 0 aliphatic carbocycles. The summed E-state index contributed by atoms with van der Waals surface area (Å²) in [7, 11) is 1.54. The molecule has 1 unspecified atom stereocenters. The minimum atomic E-state index is -1.04. The molecular formula is C12H17NO3. The van der Waals surface area contributed by atoms with E-state index in [2.05, 4.69) is 5.32 Å². The van der Waals surface area contributed by atoms with Gasteiger partial charge < -0.3 is 15.2 Å². The minimum Gasteiger partial charge on any atom is -0.495 e. The summed E-state index contributed by atoms with van der Waals surface area (Å²) in [6, 6.07) is 3.68. The topological polar surface area (TPSA) is 58.6 Å². The molecule has 1 rings (SSSR count). The summed E-state index contributed by atoms with van der Waals surface area (Å²) < 4.78 is 5.17. The molecule has 1 amide bonds. The number of carbonyl (C=O) groups is 1. The molecule has 4 heteroatoms. The quantitative estimate of drug-likeness (QED) is 0.818. The largest absolute Gasteiger partial charge is 0.495 e. The lowest BCUT2D eigenvalue weighted by atomic mass is 10.1. The van der Waals surface area contributed by atoms with Crippen LogP contribution < -0.4 is 10.1 Å². The van der Waals surface area contributed by atoms with Gasteiger partial charge in [-0.05, 0) is 44.0 Å². The predicted octanol–water partition coefficient (Wildman–Crippen LogP) is 1.63. The van der Waals surface area contributed by atoms with E-state index in [0.717, 1.165) is 11.1 Å². The van der Waals surface area contributed by atoms with Crippen LogP contribution in [0.1, 0.15) is 18.1 Å². The Morgan fingerprint density at radius 3 is 2.44 bits per heavy atom. The lowest BCUT2D eigenvalue weighted by molar-refractivity contribution is -0.123. The van der Waals surface area contributed by atoms with Crippen molar-refractivity contribution in [1.82, 2.24) is 0 Å². The summed E-state index contributed by atoms with van der Waals surface area (Å²) in [6.07, 6.45) is -1.04.